The summed E-state index contributed by atoms with van der Waals surface area (Å²) in [6.45, 7) is 11.3. The highest BCUT2D eigenvalue weighted by Gasteiger charge is 2.42. The van der Waals surface area contributed by atoms with Crippen LogP contribution in [0.25, 0.3) is 0 Å². The van der Waals surface area contributed by atoms with E-state index in [-0.39, 0.29) is 23.7 Å². The monoisotopic (exact) mass is 427 g/mol. The summed E-state index contributed by atoms with van der Waals surface area (Å²) in [4.78, 5) is 2.48. The Labute approximate surface area is 184 Å². The summed E-state index contributed by atoms with van der Waals surface area (Å²) in [7, 11) is 0. The molecule has 4 N–H and O–H groups in total. The molecular weight excluding hydrogens is 378 g/mol. The van der Waals surface area contributed by atoms with Gasteiger partial charge in [0, 0.05) is 37.4 Å². The van der Waals surface area contributed by atoms with Crippen molar-refractivity contribution in [2.24, 2.45) is 29.6 Å². The van der Waals surface area contributed by atoms with Crippen LogP contribution >= 0.6 is 0 Å². The van der Waals surface area contributed by atoms with Crippen molar-refractivity contribution >= 4 is 0 Å². The molecule has 0 aromatic rings. The Bertz CT molecular complexity index is 464. The molecule has 5 heteroatoms. The van der Waals surface area contributed by atoms with Gasteiger partial charge in [-0.15, -0.1) is 0 Å². The fourth-order valence-electron chi connectivity index (χ4n) is 6.27. The van der Waals surface area contributed by atoms with E-state index in [1.807, 2.05) is 6.92 Å². The van der Waals surface area contributed by atoms with Gasteiger partial charge < -0.3 is 25.3 Å². The van der Waals surface area contributed by atoms with Gasteiger partial charge in [-0.25, -0.2) is 0 Å². The Morgan fingerprint density at radius 1 is 0.800 bits per heavy atom. The summed E-state index contributed by atoms with van der Waals surface area (Å²) in [5.41, 5.74) is 0. The first-order valence-electron chi connectivity index (χ1n) is 12.8. The minimum Gasteiger partial charge on any atom is -0.393 e. The smallest absolute Gasteiger partial charge is 0.0634 e. The Morgan fingerprint density at radius 3 is 1.93 bits per heavy atom. The molecule has 0 aromatic heterocycles. The fraction of sp³-hybridized carbons (Fsp3) is 1.00. The van der Waals surface area contributed by atoms with Crippen LogP contribution in [0, 0.1) is 29.6 Å². The van der Waals surface area contributed by atoms with Gasteiger partial charge in [-0.3, -0.25) is 0 Å². The van der Waals surface area contributed by atoms with Crippen molar-refractivity contribution in [3.05, 3.63) is 0 Å². The van der Waals surface area contributed by atoms with Gasteiger partial charge >= 0.3 is 0 Å². The molecule has 2 fully saturated rings. The second kappa shape index (κ2) is 12.7. The fourth-order valence-corrected chi connectivity index (χ4v) is 6.27. The van der Waals surface area contributed by atoms with Crippen molar-refractivity contribution in [1.29, 1.82) is 0 Å². The van der Waals surface area contributed by atoms with Crippen molar-refractivity contribution in [3.63, 3.8) is 0 Å². The van der Waals surface area contributed by atoms with Crippen molar-refractivity contribution in [2.45, 2.75) is 110 Å². The van der Waals surface area contributed by atoms with E-state index in [4.69, 9.17) is 0 Å². The highest BCUT2D eigenvalue weighted by atomic mass is 16.3. The minimum absolute atomic E-state index is 0.0115. The minimum atomic E-state index is -0.435. The normalized spacial score (nSPS) is 38.3. The van der Waals surface area contributed by atoms with Gasteiger partial charge in [0.15, 0.2) is 0 Å². The number of aliphatic hydroxyl groups is 4. The topological polar surface area (TPSA) is 84.2 Å². The molecule has 0 saturated heterocycles. The maximum atomic E-state index is 10.8. The van der Waals surface area contributed by atoms with Crippen LogP contribution in [0.15, 0.2) is 0 Å². The van der Waals surface area contributed by atoms with Crippen LogP contribution < -0.4 is 0 Å². The molecule has 0 amide bonds. The van der Waals surface area contributed by atoms with E-state index in [9.17, 15) is 20.4 Å². The van der Waals surface area contributed by atoms with Crippen molar-refractivity contribution in [3.8, 4) is 0 Å². The van der Waals surface area contributed by atoms with E-state index in [2.05, 4.69) is 25.7 Å². The van der Waals surface area contributed by atoms with E-state index < -0.39 is 24.4 Å². The lowest BCUT2D eigenvalue weighted by Crippen LogP contribution is -2.45. The number of hydrogen-bond acceptors (Lipinski definition) is 5. The predicted octanol–water partition coefficient (Wildman–Crippen LogP) is 3.43. The third-order valence-corrected chi connectivity index (χ3v) is 7.99. The van der Waals surface area contributed by atoms with Gasteiger partial charge in [0.25, 0.3) is 0 Å². The predicted molar refractivity (Wildman–Crippen MR) is 122 cm³/mol. The Balaban J connectivity index is 2.04. The molecule has 0 bridgehead atoms. The largest absolute Gasteiger partial charge is 0.393 e. The van der Waals surface area contributed by atoms with Crippen LogP contribution in [0.2, 0.25) is 0 Å². The Morgan fingerprint density at radius 2 is 1.43 bits per heavy atom. The molecule has 5 nitrogen and oxygen atoms in total. The van der Waals surface area contributed by atoms with E-state index in [0.29, 0.717) is 12.3 Å². The molecule has 2 aliphatic rings. The zero-order chi connectivity index (χ0) is 22.3. The first-order valence-corrected chi connectivity index (χ1v) is 12.8. The highest BCUT2D eigenvalue weighted by molar-refractivity contribution is 4.93. The third kappa shape index (κ3) is 6.90. The van der Waals surface area contributed by atoms with E-state index in [0.717, 1.165) is 58.2 Å². The van der Waals surface area contributed by atoms with E-state index in [1.54, 1.807) is 0 Å². The Hall–Kier alpha value is -0.200. The maximum absolute atomic E-state index is 10.8. The van der Waals surface area contributed by atoms with Crippen LogP contribution in [0.1, 0.15) is 85.5 Å². The molecule has 2 aliphatic carbocycles. The summed E-state index contributed by atoms with van der Waals surface area (Å²) >= 11 is 0. The number of nitrogens with zero attached hydrogens (tertiary/aromatic N) is 1. The molecule has 7 unspecified atom stereocenters. The third-order valence-electron chi connectivity index (χ3n) is 7.99. The quantitative estimate of drug-likeness (QED) is 0.383. The summed E-state index contributed by atoms with van der Waals surface area (Å²) < 4.78 is 0. The molecule has 2 rings (SSSR count). The molecule has 0 radical (unpaired) electrons. The molecule has 0 spiro atoms. The van der Waals surface area contributed by atoms with Crippen LogP contribution in [-0.4, -0.2) is 69.4 Å². The lowest BCUT2D eigenvalue weighted by molar-refractivity contribution is -0.0557. The second-order valence-electron chi connectivity index (χ2n) is 10.3. The summed E-state index contributed by atoms with van der Waals surface area (Å²) in [6, 6.07) is 0. The van der Waals surface area contributed by atoms with Crippen LogP contribution in [-0.2, 0) is 0 Å². The second-order valence-corrected chi connectivity index (χ2v) is 10.3. The molecular formula is C25H49NO4. The molecule has 0 heterocycles. The lowest BCUT2D eigenvalue weighted by atomic mass is 9.75. The van der Waals surface area contributed by atoms with Crippen molar-refractivity contribution in [1.82, 2.24) is 4.90 Å². The zero-order valence-electron chi connectivity index (χ0n) is 19.9. The van der Waals surface area contributed by atoms with E-state index >= 15 is 0 Å². The van der Waals surface area contributed by atoms with Crippen LogP contribution in [0.4, 0.5) is 0 Å². The SMILES string of the molecule is CCCC(CC)CN(CC1CC(O)C(CCC)[C@@H](O)C1)C[C@@H]1CC(O)C(CC)C1O. The summed E-state index contributed by atoms with van der Waals surface area (Å²) in [5.74, 6) is 1.03. The van der Waals surface area contributed by atoms with Crippen molar-refractivity contribution < 1.29 is 20.4 Å². The van der Waals surface area contributed by atoms with Gasteiger partial charge in [-0.05, 0) is 50.4 Å². The standard InChI is InChI=1S/C25H49NO4/c1-5-9-17(7-3)14-26(16-19-13-24(29)20(8-4)25(19)30)15-18-11-22(27)21(10-6-2)23(28)12-18/h17-25,27-30H,5-16H2,1-4H3/t17?,18?,19-,20?,21?,22-,23?,24?,25?/m0/s1. The maximum Gasteiger partial charge on any atom is 0.0634 e. The summed E-state index contributed by atoms with van der Waals surface area (Å²) in [6.07, 6.45) is 6.74. The number of aliphatic hydroxyl groups excluding tert-OH is 4. The highest BCUT2D eigenvalue weighted by Crippen LogP contribution is 2.36. The average molecular weight is 428 g/mol. The molecule has 30 heavy (non-hydrogen) atoms. The van der Waals surface area contributed by atoms with Crippen LogP contribution in [0.5, 0.6) is 0 Å². The van der Waals surface area contributed by atoms with Gasteiger partial charge in [0.2, 0.25) is 0 Å². The van der Waals surface area contributed by atoms with E-state index in [1.165, 1.54) is 12.8 Å². The summed E-state index contributed by atoms with van der Waals surface area (Å²) in [5, 5.41) is 42.4. The number of rotatable bonds is 12. The van der Waals surface area contributed by atoms with Crippen LogP contribution in [0.3, 0.4) is 0 Å². The molecule has 0 aliphatic heterocycles. The first kappa shape index (κ1) is 26.1. The molecule has 178 valence electrons. The molecule has 2 saturated carbocycles. The average Bonchev–Trinajstić information content (AvgIpc) is 2.96. The molecule has 9 atom stereocenters. The first-order chi connectivity index (χ1) is 14.3. The zero-order valence-corrected chi connectivity index (χ0v) is 19.9. The van der Waals surface area contributed by atoms with Gasteiger partial charge in [0.1, 0.15) is 0 Å². The Kier molecular flexibility index (Phi) is 11.1. The number of hydrogen-bond donors (Lipinski definition) is 4. The van der Waals surface area contributed by atoms with Crippen molar-refractivity contribution in [2.75, 3.05) is 19.6 Å². The van der Waals surface area contributed by atoms with Gasteiger partial charge in [0.05, 0.1) is 24.4 Å². The van der Waals surface area contributed by atoms with Gasteiger partial charge in [-0.1, -0.05) is 47.0 Å². The molecule has 0 aromatic carbocycles. The lowest BCUT2D eigenvalue weighted by Gasteiger charge is -2.40. The van der Waals surface area contributed by atoms with Gasteiger partial charge in [-0.2, -0.15) is 0 Å².